The quantitative estimate of drug-likeness (QED) is 0.607. The first kappa shape index (κ1) is 12.0. The molecule has 1 N–H and O–H groups in total. The van der Waals surface area contributed by atoms with E-state index in [4.69, 9.17) is 4.74 Å². The Morgan fingerprint density at radius 2 is 2.07 bits per heavy atom. The number of ether oxygens (including phenoxy) is 1. The Labute approximate surface area is 88.4 Å². The van der Waals surface area contributed by atoms with Crippen LogP contribution in [0.3, 0.4) is 0 Å². The molecule has 0 atom stereocenters. The molecule has 2 heteroatoms. The van der Waals surface area contributed by atoms with E-state index in [0.29, 0.717) is 0 Å². The summed E-state index contributed by atoms with van der Waals surface area (Å²) in [5.41, 5.74) is 0.261. The predicted molar refractivity (Wildman–Crippen MR) is 60.6 cm³/mol. The third-order valence-corrected chi connectivity index (χ3v) is 3.18. The van der Waals surface area contributed by atoms with Crippen molar-refractivity contribution in [3.8, 4) is 0 Å². The highest BCUT2D eigenvalue weighted by Crippen LogP contribution is 2.38. The van der Waals surface area contributed by atoms with E-state index in [0.717, 1.165) is 19.7 Å². The molecule has 1 fully saturated rings. The van der Waals surface area contributed by atoms with Gasteiger partial charge >= 0.3 is 0 Å². The van der Waals surface area contributed by atoms with Gasteiger partial charge in [-0.2, -0.15) is 0 Å². The first-order chi connectivity index (χ1) is 6.83. The standard InChI is InChI=1S/C12H25NO/c1-3-5-11-14-12(7-6-8-12)9-10-13-4-2/h13H,3-11H2,1-2H3. The van der Waals surface area contributed by atoms with Crippen LogP contribution >= 0.6 is 0 Å². The van der Waals surface area contributed by atoms with Crippen LogP contribution in [0.4, 0.5) is 0 Å². The Hall–Kier alpha value is -0.0800. The first-order valence-corrected chi connectivity index (χ1v) is 6.17. The maximum absolute atomic E-state index is 6.01. The molecule has 14 heavy (non-hydrogen) atoms. The molecule has 1 saturated carbocycles. The second-order valence-corrected chi connectivity index (χ2v) is 4.34. The molecular formula is C12H25NO. The van der Waals surface area contributed by atoms with Crippen LogP contribution in [-0.4, -0.2) is 25.3 Å². The van der Waals surface area contributed by atoms with Gasteiger partial charge in [0.05, 0.1) is 5.60 Å². The minimum absolute atomic E-state index is 0.261. The van der Waals surface area contributed by atoms with Crippen molar-refractivity contribution in [3.63, 3.8) is 0 Å². The normalized spacial score (nSPS) is 19.3. The van der Waals surface area contributed by atoms with Crippen molar-refractivity contribution in [3.05, 3.63) is 0 Å². The van der Waals surface area contributed by atoms with Gasteiger partial charge in [0.15, 0.2) is 0 Å². The Morgan fingerprint density at radius 1 is 1.29 bits per heavy atom. The maximum Gasteiger partial charge on any atom is 0.0694 e. The largest absolute Gasteiger partial charge is 0.375 e. The average Bonchev–Trinajstić information content (AvgIpc) is 2.13. The lowest BCUT2D eigenvalue weighted by atomic mass is 9.77. The van der Waals surface area contributed by atoms with E-state index in [9.17, 15) is 0 Å². The number of unbranched alkanes of at least 4 members (excludes halogenated alkanes) is 1. The van der Waals surface area contributed by atoms with E-state index in [-0.39, 0.29) is 5.60 Å². The summed E-state index contributed by atoms with van der Waals surface area (Å²) in [6, 6.07) is 0. The van der Waals surface area contributed by atoms with Gasteiger partial charge in [-0.1, -0.05) is 20.3 Å². The Bertz CT molecular complexity index is 131. The van der Waals surface area contributed by atoms with Gasteiger partial charge in [-0.3, -0.25) is 0 Å². The molecule has 0 heterocycles. The third-order valence-electron chi connectivity index (χ3n) is 3.18. The van der Waals surface area contributed by atoms with Crippen molar-refractivity contribution in [2.75, 3.05) is 19.7 Å². The van der Waals surface area contributed by atoms with Crippen molar-refractivity contribution >= 4 is 0 Å². The number of nitrogens with one attached hydrogen (secondary N) is 1. The smallest absolute Gasteiger partial charge is 0.0694 e. The molecule has 0 radical (unpaired) electrons. The van der Waals surface area contributed by atoms with Crippen molar-refractivity contribution in [1.82, 2.24) is 5.32 Å². The minimum atomic E-state index is 0.261. The Kier molecular flexibility index (Phi) is 5.49. The van der Waals surface area contributed by atoms with Crippen molar-refractivity contribution in [2.24, 2.45) is 0 Å². The SMILES string of the molecule is CCCCOC1(CCNCC)CCC1. The maximum atomic E-state index is 6.01. The molecule has 1 aliphatic rings. The summed E-state index contributed by atoms with van der Waals surface area (Å²) in [6.45, 7) is 7.52. The molecule has 0 bridgehead atoms. The van der Waals surface area contributed by atoms with E-state index >= 15 is 0 Å². The van der Waals surface area contributed by atoms with Crippen LogP contribution < -0.4 is 5.32 Å². The molecular weight excluding hydrogens is 174 g/mol. The molecule has 0 aromatic heterocycles. The lowest BCUT2D eigenvalue weighted by Crippen LogP contribution is -2.42. The van der Waals surface area contributed by atoms with E-state index in [1.54, 1.807) is 0 Å². The molecule has 0 unspecified atom stereocenters. The molecule has 1 rings (SSSR count). The van der Waals surface area contributed by atoms with Gasteiger partial charge in [0.25, 0.3) is 0 Å². The number of hydrogen-bond donors (Lipinski definition) is 1. The van der Waals surface area contributed by atoms with Crippen molar-refractivity contribution in [1.29, 1.82) is 0 Å². The zero-order valence-electron chi connectivity index (χ0n) is 9.77. The summed E-state index contributed by atoms with van der Waals surface area (Å²) in [7, 11) is 0. The highest BCUT2D eigenvalue weighted by molar-refractivity contribution is 4.90. The van der Waals surface area contributed by atoms with Crippen molar-refractivity contribution in [2.45, 2.75) is 58.0 Å². The zero-order chi connectivity index (χ0) is 10.3. The van der Waals surface area contributed by atoms with Crippen LogP contribution in [0.2, 0.25) is 0 Å². The second-order valence-electron chi connectivity index (χ2n) is 4.34. The van der Waals surface area contributed by atoms with E-state index in [1.807, 2.05) is 0 Å². The van der Waals surface area contributed by atoms with Gasteiger partial charge in [0.2, 0.25) is 0 Å². The van der Waals surface area contributed by atoms with Gasteiger partial charge in [-0.05, 0) is 45.2 Å². The van der Waals surface area contributed by atoms with Crippen LogP contribution in [-0.2, 0) is 4.74 Å². The minimum Gasteiger partial charge on any atom is -0.375 e. The summed E-state index contributed by atoms with van der Waals surface area (Å²) in [4.78, 5) is 0. The predicted octanol–water partition coefficient (Wildman–Crippen LogP) is 2.73. The number of hydrogen-bond acceptors (Lipinski definition) is 2. The molecule has 0 aliphatic heterocycles. The molecule has 0 saturated heterocycles. The lowest BCUT2D eigenvalue weighted by molar-refractivity contribution is -0.105. The fraction of sp³-hybridized carbons (Fsp3) is 1.00. The molecule has 0 amide bonds. The van der Waals surface area contributed by atoms with Crippen LogP contribution in [0.1, 0.15) is 52.4 Å². The Morgan fingerprint density at radius 3 is 2.57 bits per heavy atom. The van der Waals surface area contributed by atoms with Crippen LogP contribution in [0.5, 0.6) is 0 Å². The fourth-order valence-electron chi connectivity index (χ4n) is 1.96. The summed E-state index contributed by atoms with van der Waals surface area (Å²) in [6.07, 6.45) is 7.57. The Balaban J connectivity index is 2.13. The lowest BCUT2D eigenvalue weighted by Gasteiger charge is -2.42. The van der Waals surface area contributed by atoms with Gasteiger partial charge < -0.3 is 10.1 Å². The van der Waals surface area contributed by atoms with Gasteiger partial charge in [0.1, 0.15) is 0 Å². The highest BCUT2D eigenvalue weighted by atomic mass is 16.5. The van der Waals surface area contributed by atoms with Gasteiger partial charge in [-0.15, -0.1) is 0 Å². The van der Waals surface area contributed by atoms with Crippen LogP contribution in [0.15, 0.2) is 0 Å². The molecule has 0 spiro atoms. The third kappa shape index (κ3) is 3.58. The summed E-state index contributed by atoms with van der Waals surface area (Å²) in [5.74, 6) is 0. The molecule has 2 nitrogen and oxygen atoms in total. The summed E-state index contributed by atoms with van der Waals surface area (Å²) >= 11 is 0. The van der Waals surface area contributed by atoms with Crippen molar-refractivity contribution < 1.29 is 4.74 Å². The van der Waals surface area contributed by atoms with Gasteiger partial charge in [-0.25, -0.2) is 0 Å². The highest BCUT2D eigenvalue weighted by Gasteiger charge is 2.36. The topological polar surface area (TPSA) is 21.3 Å². The van der Waals surface area contributed by atoms with Crippen LogP contribution in [0, 0.1) is 0 Å². The zero-order valence-corrected chi connectivity index (χ0v) is 9.77. The summed E-state index contributed by atoms with van der Waals surface area (Å²) in [5, 5.41) is 3.38. The van der Waals surface area contributed by atoms with E-state index in [1.165, 1.54) is 38.5 Å². The fourth-order valence-corrected chi connectivity index (χ4v) is 1.96. The second kappa shape index (κ2) is 6.41. The number of rotatable bonds is 8. The molecule has 0 aromatic rings. The molecule has 84 valence electrons. The van der Waals surface area contributed by atoms with Gasteiger partial charge in [0, 0.05) is 6.61 Å². The molecule has 0 aromatic carbocycles. The summed E-state index contributed by atoms with van der Waals surface area (Å²) < 4.78 is 6.01. The van der Waals surface area contributed by atoms with E-state index in [2.05, 4.69) is 19.2 Å². The van der Waals surface area contributed by atoms with E-state index < -0.39 is 0 Å². The molecule has 1 aliphatic carbocycles. The van der Waals surface area contributed by atoms with Crippen LogP contribution in [0.25, 0.3) is 0 Å². The first-order valence-electron chi connectivity index (χ1n) is 6.17. The monoisotopic (exact) mass is 199 g/mol. The average molecular weight is 199 g/mol.